The highest BCUT2D eigenvalue weighted by molar-refractivity contribution is 7.92. The lowest BCUT2D eigenvalue weighted by Gasteiger charge is -2.15. The molecule has 0 spiro atoms. The van der Waals surface area contributed by atoms with Crippen LogP contribution in [0.3, 0.4) is 0 Å². The smallest absolute Gasteiger partial charge is 0.340 e. The van der Waals surface area contributed by atoms with E-state index in [-0.39, 0.29) is 22.8 Å². The van der Waals surface area contributed by atoms with Crippen LogP contribution in [-0.2, 0) is 21.4 Å². The summed E-state index contributed by atoms with van der Waals surface area (Å²) < 4.78 is 44.6. The van der Waals surface area contributed by atoms with Crippen molar-refractivity contribution >= 4 is 21.7 Å². The number of anilines is 1. The molecule has 2 aromatic heterocycles. The molecule has 0 aliphatic heterocycles. The summed E-state index contributed by atoms with van der Waals surface area (Å²) >= 11 is 0. The molecule has 8 nitrogen and oxygen atoms in total. The number of nitrogens with zero attached hydrogens (tertiary/aromatic N) is 1. The highest BCUT2D eigenvalue weighted by Crippen LogP contribution is 2.27. The number of benzene rings is 2. The summed E-state index contributed by atoms with van der Waals surface area (Å²) in [5.41, 5.74) is 2.81. The van der Waals surface area contributed by atoms with Crippen LogP contribution >= 0.6 is 0 Å². The molecule has 1 N–H and O–H groups in total. The van der Waals surface area contributed by atoms with Crippen LogP contribution in [0.1, 0.15) is 32.7 Å². The third kappa shape index (κ3) is 4.83. The zero-order chi connectivity index (χ0) is 23.6. The molecule has 0 saturated carbocycles. The molecule has 0 unspecified atom stereocenters. The number of esters is 1. The van der Waals surface area contributed by atoms with E-state index in [2.05, 4.69) is 9.88 Å². The van der Waals surface area contributed by atoms with Gasteiger partial charge < -0.3 is 13.7 Å². The molecule has 4 aromatic rings. The molecule has 170 valence electrons. The summed E-state index contributed by atoms with van der Waals surface area (Å²) in [6, 6.07) is 14.9. The van der Waals surface area contributed by atoms with Crippen molar-refractivity contribution in [3.8, 4) is 11.5 Å². The number of hydrogen-bond donors (Lipinski definition) is 1. The van der Waals surface area contributed by atoms with Crippen molar-refractivity contribution in [3.05, 3.63) is 88.8 Å². The molecule has 0 aliphatic rings. The first-order valence-electron chi connectivity index (χ1n) is 10.1. The third-order valence-corrected chi connectivity index (χ3v) is 6.61. The molecule has 0 aliphatic carbocycles. The fraction of sp³-hybridized carbons (Fsp3) is 0.167. The first-order chi connectivity index (χ1) is 15.7. The normalized spacial score (nSPS) is 11.4. The summed E-state index contributed by atoms with van der Waals surface area (Å²) in [6.45, 7) is 5.23. The van der Waals surface area contributed by atoms with Crippen LogP contribution in [0.4, 0.5) is 5.69 Å². The minimum absolute atomic E-state index is 0.0817. The summed E-state index contributed by atoms with van der Waals surface area (Å²) in [7, 11) is -3.93. The molecule has 2 heterocycles. The number of carbonyl (C=O) groups excluding carboxylic acids is 1. The zero-order valence-electron chi connectivity index (χ0n) is 18.3. The van der Waals surface area contributed by atoms with E-state index in [1.807, 2.05) is 6.92 Å². The van der Waals surface area contributed by atoms with Gasteiger partial charge in [-0.2, -0.15) is 0 Å². The van der Waals surface area contributed by atoms with Crippen LogP contribution in [0, 0.1) is 20.8 Å². The van der Waals surface area contributed by atoms with Crippen molar-refractivity contribution in [3.63, 3.8) is 0 Å². The standard InChI is InChI=1S/C24H22N2O6S/c1-15-11-16(2)23(17(3)12-15)33(28,29)26-20-8-5-4-7-19(20)24(27)31-14-18-13-22(32-25-18)21-9-6-10-30-21/h4-13,26H,14H2,1-3H3. The van der Waals surface area contributed by atoms with E-state index in [0.29, 0.717) is 28.3 Å². The van der Waals surface area contributed by atoms with Crippen LogP contribution < -0.4 is 4.72 Å². The summed E-state index contributed by atoms with van der Waals surface area (Å²) in [5.74, 6) is 0.206. The lowest BCUT2D eigenvalue weighted by Crippen LogP contribution is -2.18. The maximum atomic E-state index is 13.1. The molecule has 0 amide bonds. The number of furan rings is 1. The quantitative estimate of drug-likeness (QED) is 0.381. The number of aryl methyl sites for hydroxylation is 3. The minimum Gasteiger partial charge on any atom is -0.461 e. The van der Waals surface area contributed by atoms with Gasteiger partial charge in [-0.15, -0.1) is 0 Å². The van der Waals surface area contributed by atoms with Crippen molar-refractivity contribution in [2.75, 3.05) is 4.72 Å². The lowest BCUT2D eigenvalue weighted by atomic mass is 10.1. The van der Waals surface area contributed by atoms with Gasteiger partial charge in [-0.1, -0.05) is 35.0 Å². The number of sulfonamides is 1. The molecular weight excluding hydrogens is 444 g/mol. The van der Waals surface area contributed by atoms with E-state index < -0.39 is 16.0 Å². The van der Waals surface area contributed by atoms with Crippen LogP contribution in [-0.4, -0.2) is 19.5 Å². The van der Waals surface area contributed by atoms with Gasteiger partial charge in [0.25, 0.3) is 10.0 Å². The van der Waals surface area contributed by atoms with E-state index in [1.54, 1.807) is 56.3 Å². The van der Waals surface area contributed by atoms with Gasteiger partial charge in [-0.05, 0) is 56.2 Å². The second-order valence-corrected chi connectivity index (χ2v) is 9.23. The second-order valence-electron chi connectivity index (χ2n) is 7.61. The third-order valence-electron chi connectivity index (χ3n) is 4.94. The SMILES string of the molecule is Cc1cc(C)c(S(=O)(=O)Nc2ccccc2C(=O)OCc2cc(-c3ccco3)on2)c(C)c1. The highest BCUT2D eigenvalue weighted by Gasteiger charge is 2.23. The van der Waals surface area contributed by atoms with Gasteiger partial charge in [0.05, 0.1) is 22.4 Å². The van der Waals surface area contributed by atoms with Gasteiger partial charge in [-0.3, -0.25) is 4.72 Å². The number of para-hydroxylation sites is 1. The topological polar surface area (TPSA) is 112 Å². The second kappa shape index (κ2) is 8.95. The monoisotopic (exact) mass is 466 g/mol. The zero-order valence-corrected chi connectivity index (χ0v) is 19.1. The van der Waals surface area contributed by atoms with Crippen LogP contribution in [0.2, 0.25) is 0 Å². The van der Waals surface area contributed by atoms with Crippen molar-refractivity contribution in [1.82, 2.24) is 5.16 Å². The Balaban J connectivity index is 1.52. The lowest BCUT2D eigenvalue weighted by molar-refractivity contribution is 0.0465. The number of hydrogen-bond acceptors (Lipinski definition) is 7. The Morgan fingerprint density at radius 1 is 1.00 bits per heavy atom. The maximum Gasteiger partial charge on any atom is 0.340 e. The van der Waals surface area contributed by atoms with Gasteiger partial charge >= 0.3 is 5.97 Å². The fourth-order valence-electron chi connectivity index (χ4n) is 3.67. The Hall–Kier alpha value is -3.85. The van der Waals surface area contributed by atoms with Crippen molar-refractivity contribution in [2.45, 2.75) is 32.3 Å². The van der Waals surface area contributed by atoms with Crippen LogP contribution in [0.15, 0.2) is 74.7 Å². The van der Waals surface area contributed by atoms with Crippen LogP contribution in [0.5, 0.6) is 0 Å². The van der Waals surface area contributed by atoms with E-state index in [9.17, 15) is 13.2 Å². The summed E-state index contributed by atoms with van der Waals surface area (Å²) in [4.78, 5) is 12.9. The number of aromatic nitrogens is 1. The Morgan fingerprint density at radius 2 is 1.73 bits per heavy atom. The molecule has 0 bridgehead atoms. The summed E-state index contributed by atoms with van der Waals surface area (Å²) in [6.07, 6.45) is 1.51. The predicted octanol–water partition coefficient (Wildman–Crippen LogP) is 5.02. The molecule has 4 rings (SSSR count). The Bertz CT molecular complexity index is 1380. The molecule has 2 aromatic carbocycles. The van der Waals surface area contributed by atoms with Gasteiger partial charge in [0.2, 0.25) is 5.76 Å². The minimum atomic E-state index is -3.93. The number of rotatable bonds is 7. The number of carbonyl (C=O) groups is 1. The van der Waals surface area contributed by atoms with Crippen molar-refractivity contribution < 1.29 is 26.9 Å². The first kappa shape index (κ1) is 22.3. The number of ether oxygens (including phenoxy) is 1. The Labute approximate surface area is 191 Å². The van der Waals surface area contributed by atoms with Gasteiger partial charge in [0.1, 0.15) is 12.3 Å². The average Bonchev–Trinajstić information content (AvgIpc) is 3.43. The predicted molar refractivity (Wildman–Crippen MR) is 121 cm³/mol. The Morgan fingerprint density at radius 3 is 2.42 bits per heavy atom. The van der Waals surface area contributed by atoms with Crippen molar-refractivity contribution in [1.29, 1.82) is 0 Å². The van der Waals surface area contributed by atoms with E-state index in [0.717, 1.165) is 5.56 Å². The van der Waals surface area contributed by atoms with E-state index >= 15 is 0 Å². The van der Waals surface area contributed by atoms with E-state index in [4.69, 9.17) is 13.7 Å². The van der Waals surface area contributed by atoms with E-state index in [1.165, 1.54) is 18.4 Å². The molecule has 0 atom stereocenters. The maximum absolute atomic E-state index is 13.1. The highest BCUT2D eigenvalue weighted by atomic mass is 32.2. The molecule has 9 heteroatoms. The van der Waals surface area contributed by atoms with Crippen LogP contribution in [0.25, 0.3) is 11.5 Å². The molecular formula is C24H22N2O6S. The average molecular weight is 467 g/mol. The Kier molecular flexibility index (Phi) is 6.06. The largest absolute Gasteiger partial charge is 0.461 e. The van der Waals surface area contributed by atoms with Gasteiger partial charge in [-0.25, -0.2) is 13.2 Å². The molecule has 0 saturated heterocycles. The first-order valence-corrected chi connectivity index (χ1v) is 11.6. The summed E-state index contributed by atoms with van der Waals surface area (Å²) in [5, 5.41) is 3.86. The van der Waals surface area contributed by atoms with Gasteiger partial charge in [0, 0.05) is 6.07 Å². The molecule has 33 heavy (non-hydrogen) atoms. The molecule has 0 radical (unpaired) electrons. The van der Waals surface area contributed by atoms with Crippen molar-refractivity contribution in [2.24, 2.45) is 0 Å². The molecule has 0 fully saturated rings. The van der Waals surface area contributed by atoms with Gasteiger partial charge in [0.15, 0.2) is 5.76 Å². The fourth-order valence-corrected chi connectivity index (χ4v) is 5.20. The number of nitrogens with one attached hydrogen (secondary N) is 1.